The molecule has 1 unspecified atom stereocenters. The minimum absolute atomic E-state index is 0.103. The molecule has 0 aliphatic rings. The first-order valence-corrected chi connectivity index (χ1v) is 7.87. The zero-order valence-corrected chi connectivity index (χ0v) is 14.2. The Morgan fingerprint density at radius 3 is 2.50 bits per heavy atom. The van der Waals surface area contributed by atoms with Crippen LogP contribution in [0.4, 0.5) is 4.39 Å². The van der Waals surface area contributed by atoms with Gasteiger partial charge in [-0.3, -0.25) is 0 Å². The van der Waals surface area contributed by atoms with Crippen molar-refractivity contribution in [3.63, 3.8) is 0 Å². The number of halogens is 2. The van der Waals surface area contributed by atoms with E-state index >= 15 is 0 Å². The van der Waals surface area contributed by atoms with Crippen LogP contribution >= 0.6 is 22.6 Å². The van der Waals surface area contributed by atoms with Gasteiger partial charge >= 0.3 is 0 Å². The molecule has 0 saturated heterocycles. The van der Waals surface area contributed by atoms with E-state index < -0.39 is 0 Å². The predicted octanol–water partition coefficient (Wildman–Crippen LogP) is 4.75. The lowest BCUT2D eigenvalue weighted by Gasteiger charge is -2.23. The predicted molar refractivity (Wildman–Crippen MR) is 90.6 cm³/mol. The first-order valence-electron chi connectivity index (χ1n) is 6.79. The highest BCUT2D eigenvalue weighted by molar-refractivity contribution is 14.1. The summed E-state index contributed by atoms with van der Waals surface area (Å²) >= 11 is 2.31. The van der Waals surface area contributed by atoms with Crippen LogP contribution in [0.1, 0.15) is 35.2 Å². The maximum absolute atomic E-state index is 14.5. The van der Waals surface area contributed by atoms with Gasteiger partial charge in [-0.25, -0.2) is 4.39 Å². The van der Waals surface area contributed by atoms with Crippen molar-refractivity contribution < 1.29 is 4.39 Å². The van der Waals surface area contributed by atoms with Crippen molar-refractivity contribution in [2.75, 3.05) is 6.54 Å². The Bertz CT molecular complexity index is 587. The molecule has 1 atom stereocenters. The average Bonchev–Trinajstić information content (AvgIpc) is 2.37. The van der Waals surface area contributed by atoms with E-state index in [9.17, 15) is 4.39 Å². The molecule has 0 aromatic heterocycles. The summed E-state index contributed by atoms with van der Waals surface area (Å²) in [6.07, 6.45) is 0. The molecule has 0 bridgehead atoms. The molecule has 1 N–H and O–H groups in total. The molecule has 1 nitrogen and oxygen atoms in total. The first kappa shape index (κ1) is 15.4. The molecule has 106 valence electrons. The van der Waals surface area contributed by atoms with Crippen molar-refractivity contribution in [1.82, 2.24) is 5.32 Å². The van der Waals surface area contributed by atoms with Gasteiger partial charge < -0.3 is 5.32 Å². The third kappa shape index (κ3) is 3.20. The van der Waals surface area contributed by atoms with E-state index in [2.05, 4.69) is 40.0 Å². The van der Waals surface area contributed by atoms with Crippen LogP contribution < -0.4 is 5.32 Å². The highest BCUT2D eigenvalue weighted by Crippen LogP contribution is 2.30. The van der Waals surface area contributed by atoms with Crippen molar-refractivity contribution in [3.05, 3.63) is 68.0 Å². The second kappa shape index (κ2) is 6.68. The van der Waals surface area contributed by atoms with Crippen molar-refractivity contribution >= 4 is 22.6 Å². The zero-order chi connectivity index (χ0) is 14.7. The third-order valence-electron chi connectivity index (χ3n) is 3.39. The average molecular weight is 383 g/mol. The summed E-state index contributed by atoms with van der Waals surface area (Å²) < 4.78 is 15.6. The van der Waals surface area contributed by atoms with Crippen LogP contribution in [0.2, 0.25) is 0 Å². The van der Waals surface area contributed by atoms with E-state index in [1.54, 1.807) is 6.07 Å². The molecule has 0 amide bonds. The van der Waals surface area contributed by atoms with Gasteiger partial charge in [0.25, 0.3) is 0 Å². The Hall–Kier alpha value is -0.940. The Labute approximate surface area is 133 Å². The smallest absolute Gasteiger partial charge is 0.128 e. The van der Waals surface area contributed by atoms with Crippen molar-refractivity contribution in [3.8, 4) is 0 Å². The van der Waals surface area contributed by atoms with Gasteiger partial charge in [0, 0.05) is 9.13 Å². The molecular weight excluding hydrogens is 364 g/mol. The Morgan fingerprint density at radius 2 is 1.90 bits per heavy atom. The molecule has 2 rings (SSSR count). The quantitative estimate of drug-likeness (QED) is 0.752. The van der Waals surface area contributed by atoms with Crippen molar-refractivity contribution in [2.24, 2.45) is 0 Å². The summed E-state index contributed by atoms with van der Waals surface area (Å²) in [6, 6.07) is 11.7. The van der Waals surface area contributed by atoms with E-state index in [-0.39, 0.29) is 11.9 Å². The highest BCUT2D eigenvalue weighted by atomic mass is 127. The van der Waals surface area contributed by atoms with E-state index in [0.29, 0.717) is 0 Å². The number of hydrogen-bond acceptors (Lipinski definition) is 1. The Balaban J connectivity index is 2.58. The standard InChI is InChI=1S/C17H19FIN/c1-4-20-17(13-7-5-6-8-15(13)19)16-12(3)9-11(2)10-14(16)18/h5-10,17,20H,4H2,1-3H3. The molecule has 20 heavy (non-hydrogen) atoms. The monoisotopic (exact) mass is 383 g/mol. The summed E-state index contributed by atoms with van der Waals surface area (Å²) in [7, 11) is 0. The number of nitrogens with one attached hydrogen (secondary N) is 1. The van der Waals surface area contributed by atoms with Gasteiger partial charge in [0.1, 0.15) is 5.82 Å². The second-order valence-electron chi connectivity index (χ2n) is 4.99. The second-order valence-corrected chi connectivity index (χ2v) is 6.15. The van der Waals surface area contributed by atoms with Gasteiger partial charge in [0.2, 0.25) is 0 Å². The van der Waals surface area contributed by atoms with Gasteiger partial charge in [-0.1, -0.05) is 31.2 Å². The van der Waals surface area contributed by atoms with Crippen LogP contribution in [0.25, 0.3) is 0 Å². The summed E-state index contributed by atoms with van der Waals surface area (Å²) in [4.78, 5) is 0. The highest BCUT2D eigenvalue weighted by Gasteiger charge is 2.21. The minimum Gasteiger partial charge on any atom is -0.306 e. The van der Waals surface area contributed by atoms with Gasteiger partial charge in [-0.05, 0) is 71.8 Å². The topological polar surface area (TPSA) is 12.0 Å². The maximum atomic E-state index is 14.5. The maximum Gasteiger partial charge on any atom is 0.128 e. The van der Waals surface area contributed by atoms with Crippen molar-refractivity contribution in [2.45, 2.75) is 26.8 Å². The fraction of sp³-hybridized carbons (Fsp3) is 0.294. The van der Waals surface area contributed by atoms with Crippen LogP contribution in [0.3, 0.4) is 0 Å². The first-order chi connectivity index (χ1) is 9.54. The van der Waals surface area contributed by atoms with Gasteiger partial charge in [-0.15, -0.1) is 0 Å². The van der Waals surface area contributed by atoms with E-state index in [0.717, 1.165) is 32.4 Å². The molecule has 2 aromatic rings. The Kier molecular flexibility index (Phi) is 5.16. The Morgan fingerprint density at radius 1 is 1.20 bits per heavy atom. The molecule has 0 fully saturated rings. The fourth-order valence-electron chi connectivity index (χ4n) is 2.57. The summed E-state index contributed by atoms with van der Waals surface area (Å²) in [6.45, 7) is 6.74. The number of aryl methyl sites for hydroxylation is 2. The summed E-state index contributed by atoms with van der Waals surface area (Å²) in [5, 5.41) is 3.41. The normalized spacial score (nSPS) is 12.4. The molecule has 0 aliphatic heterocycles. The summed E-state index contributed by atoms with van der Waals surface area (Å²) in [5.41, 5.74) is 3.83. The van der Waals surface area contributed by atoms with E-state index in [1.165, 1.54) is 0 Å². The lowest BCUT2D eigenvalue weighted by molar-refractivity contribution is 0.554. The van der Waals surface area contributed by atoms with Gasteiger partial charge in [-0.2, -0.15) is 0 Å². The molecule has 0 heterocycles. The minimum atomic E-state index is -0.131. The van der Waals surface area contributed by atoms with Crippen molar-refractivity contribution in [1.29, 1.82) is 0 Å². The molecule has 0 saturated carbocycles. The molecule has 0 spiro atoms. The number of hydrogen-bond donors (Lipinski definition) is 1. The lowest BCUT2D eigenvalue weighted by Crippen LogP contribution is -2.24. The molecule has 0 aliphatic carbocycles. The molecule has 2 aromatic carbocycles. The van der Waals surface area contributed by atoms with Gasteiger partial charge in [0.15, 0.2) is 0 Å². The third-order valence-corrected chi connectivity index (χ3v) is 4.38. The zero-order valence-electron chi connectivity index (χ0n) is 12.0. The lowest BCUT2D eigenvalue weighted by atomic mass is 9.93. The van der Waals surface area contributed by atoms with E-state index in [1.807, 2.05) is 39.0 Å². The molecule has 0 radical (unpaired) electrons. The number of benzene rings is 2. The molecule has 3 heteroatoms. The van der Waals surface area contributed by atoms with Crippen LogP contribution in [-0.4, -0.2) is 6.54 Å². The fourth-order valence-corrected chi connectivity index (χ4v) is 3.27. The van der Waals surface area contributed by atoms with Crippen LogP contribution in [-0.2, 0) is 0 Å². The molecular formula is C17H19FIN. The van der Waals surface area contributed by atoms with Crippen LogP contribution in [0.15, 0.2) is 36.4 Å². The van der Waals surface area contributed by atoms with Crippen LogP contribution in [0.5, 0.6) is 0 Å². The SMILES string of the molecule is CCNC(c1ccccc1I)c1c(C)cc(C)cc1F. The summed E-state index contributed by atoms with van der Waals surface area (Å²) in [5.74, 6) is -0.131. The van der Waals surface area contributed by atoms with Gasteiger partial charge in [0.05, 0.1) is 6.04 Å². The largest absolute Gasteiger partial charge is 0.306 e. The van der Waals surface area contributed by atoms with E-state index in [4.69, 9.17) is 0 Å². The number of rotatable bonds is 4. The van der Waals surface area contributed by atoms with Crippen LogP contribution in [0, 0.1) is 23.2 Å².